The van der Waals surface area contributed by atoms with Crippen LogP contribution in [0, 0.1) is 18.2 Å². The molecule has 0 unspecified atom stereocenters. The zero-order chi connectivity index (χ0) is 16.4. The van der Waals surface area contributed by atoms with Crippen LogP contribution in [0.5, 0.6) is 0 Å². The first-order valence-electron chi connectivity index (χ1n) is 6.29. The topological polar surface area (TPSA) is 101 Å². The average molecular weight is 317 g/mol. The van der Waals surface area contributed by atoms with Crippen molar-refractivity contribution in [1.29, 1.82) is 0 Å². The lowest BCUT2D eigenvalue weighted by Crippen LogP contribution is -2.43. The van der Waals surface area contributed by atoms with Crippen molar-refractivity contribution in [2.75, 3.05) is 19.3 Å². The molecule has 0 saturated heterocycles. The Balaban J connectivity index is 3.06. The zero-order valence-corrected chi connectivity index (χ0v) is 13.3. The van der Waals surface area contributed by atoms with Crippen LogP contribution in [-0.2, 0) is 14.8 Å². The number of sulfonamides is 1. The second kappa shape index (κ2) is 5.98. The second-order valence-corrected chi connectivity index (χ2v) is 7.15. The Morgan fingerprint density at radius 1 is 1.38 bits per heavy atom. The van der Waals surface area contributed by atoms with Crippen molar-refractivity contribution in [3.05, 3.63) is 23.5 Å². The third-order valence-electron chi connectivity index (χ3n) is 3.15. The number of nitrogens with two attached hydrogens (primary N) is 1. The number of anilines is 1. The molecule has 0 fully saturated rings. The Hall–Kier alpha value is -1.67. The summed E-state index contributed by atoms with van der Waals surface area (Å²) in [6.07, 6.45) is 0. The summed E-state index contributed by atoms with van der Waals surface area (Å²) < 4.78 is 40.4. The molecule has 0 aromatic heterocycles. The van der Waals surface area contributed by atoms with Crippen LogP contribution in [-0.4, -0.2) is 27.9 Å². The summed E-state index contributed by atoms with van der Waals surface area (Å²) in [6, 6.07) is 2.25. The van der Waals surface area contributed by atoms with Crippen LogP contribution < -0.4 is 15.8 Å². The van der Waals surface area contributed by atoms with Crippen LogP contribution in [0.25, 0.3) is 0 Å². The first kappa shape index (κ1) is 17.4. The fraction of sp³-hybridized carbons (Fsp3) is 0.462. The van der Waals surface area contributed by atoms with E-state index in [-0.39, 0.29) is 28.6 Å². The molecule has 118 valence electrons. The smallest absolute Gasteiger partial charge is 0.241 e. The van der Waals surface area contributed by atoms with Gasteiger partial charge in [0.15, 0.2) is 0 Å². The maximum Gasteiger partial charge on any atom is 0.241 e. The minimum Gasteiger partial charge on any atom is -0.399 e. The number of rotatable bonds is 5. The van der Waals surface area contributed by atoms with Gasteiger partial charge in [-0.3, -0.25) is 4.79 Å². The molecule has 0 saturated carbocycles. The fourth-order valence-corrected chi connectivity index (χ4v) is 3.22. The number of nitrogens with one attached hydrogen (secondary N) is 2. The van der Waals surface area contributed by atoms with Gasteiger partial charge in [-0.2, -0.15) is 0 Å². The van der Waals surface area contributed by atoms with Crippen LogP contribution in [0.2, 0.25) is 0 Å². The Kier molecular flexibility index (Phi) is 4.95. The Morgan fingerprint density at radius 2 is 1.95 bits per heavy atom. The van der Waals surface area contributed by atoms with Gasteiger partial charge in [0, 0.05) is 24.8 Å². The summed E-state index contributed by atoms with van der Waals surface area (Å²) in [4.78, 5) is 11.4. The van der Waals surface area contributed by atoms with E-state index in [1.165, 1.54) is 20.0 Å². The minimum absolute atomic E-state index is 0.0176. The molecule has 1 aromatic rings. The monoisotopic (exact) mass is 317 g/mol. The van der Waals surface area contributed by atoms with Crippen molar-refractivity contribution >= 4 is 21.6 Å². The van der Waals surface area contributed by atoms with E-state index >= 15 is 0 Å². The van der Waals surface area contributed by atoms with Gasteiger partial charge in [-0.15, -0.1) is 0 Å². The van der Waals surface area contributed by atoms with Gasteiger partial charge in [0.2, 0.25) is 15.9 Å². The number of amides is 1. The SMILES string of the molecule is CNC(=O)C(C)(C)CNS(=O)(=O)c1cc(N)cc(F)c1C. The maximum absolute atomic E-state index is 13.6. The summed E-state index contributed by atoms with van der Waals surface area (Å²) in [5.74, 6) is -0.999. The molecule has 6 nitrogen and oxygen atoms in total. The molecule has 1 aromatic carbocycles. The molecule has 0 aliphatic carbocycles. The quantitative estimate of drug-likeness (QED) is 0.698. The molecule has 21 heavy (non-hydrogen) atoms. The lowest BCUT2D eigenvalue weighted by molar-refractivity contribution is -0.128. The van der Waals surface area contributed by atoms with Gasteiger partial charge < -0.3 is 11.1 Å². The summed E-state index contributed by atoms with van der Waals surface area (Å²) in [5, 5.41) is 2.46. The van der Waals surface area contributed by atoms with Gasteiger partial charge >= 0.3 is 0 Å². The molecule has 1 rings (SSSR count). The molecule has 0 spiro atoms. The van der Waals surface area contributed by atoms with Gasteiger partial charge in [-0.05, 0) is 32.9 Å². The average Bonchev–Trinajstić information content (AvgIpc) is 2.39. The predicted octanol–water partition coefficient (Wildman–Crippen LogP) is 0.767. The Morgan fingerprint density at radius 3 is 2.48 bits per heavy atom. The first-order valence-corrected chi connectivity index (χ1v) is 7.77. The molecule has 4 N–H and O–H groups in total. The number of benzene rings is 1. The highest BCUT2D eigenvalue weighted by Crippen LogP contribution is 2.22. The third-order valence-corrected chi connectivity index (χ3v) is 4.68. The van der Waals surface area contributed by atoms with Crippen molar-refractivity contribution in [2.45, 2.75) is 25.7 Å². The molecule has 0 aliphatic rings. The van der Waals surface area contributed by atoms with Crippen molar-refractivity contribution in [3.63, 3.8) is 0 Å². The van der Waals surface area contributed by atoms with Crippen LogP contribution in [0.15, 0.2) is 17.0 Å². The van der Waals surface area contributed by atoms with Gasteiger partial charge in [-0.1, -0.05) is 0 Å². The van der Waals surface area contributed by atoms with Crippen LogP contribution >= 0.6 is 0 Å². The van der Waals surface area contributed by atoms with Gasteiger partial charge in [-0.25, -0.2) is 17.5 Å². The van der Waals surface area contributed by atoms with E-state index in [0.717, 1.165) is 6.07 Å². The number of nitrogen functional groups attached to an aromatic ring is 1. The van der Waals surface area contributed by atoms with E-state index in [1.807, 2.05) is 0 Å². The minimum atomic E-state index is -3.96. The highest BCUT2D eigenvalue weighted by molar-refractivity contribution is 7.89. The van der Waals surface area contributed by atoms with Crippen molar-refractivity contribution in [2.24, 2.45) is 5.41 Å². The highest BCUT2D eigenvalue weighted by Gasteiger charge is 2.29. The summed E-state index contributed by atoms with van der Waals surface area (Å²) in [7, 11) is -2.49. The zero-order valence-electron chi connectivity index (χ0n) is 12.5. The highest BCUT2D eigenvalue weighted by atomic mass is 32.2. The lowest BCUT2D eigenvalue weighted by atomic mass is 9.93. The van der Waals surface area contributed by atoms with Crippen LogP contribution in [0.3, 0.4) is 0 Å². The Labute approximate surface area is 124 Å². The predicted molar refractivity (Wildman–Crippen MR) is 78.6 cm³/mol. The number of halogens is 1. The molecule has 0 atom stereocenters. The van der Waals surface area contributed by atoms with Crippen molar-refractivity contribution < 1.29 is 17.6 Å². The summed E-state index contributed by atoms with van der Waals surface area (Å²) in [5.41, 5.74) is 4.54. The first-order chi connectivity index (χ1) is 9.51. The van der Waals surface area contributed by atoms with Gasteiger partial charge in [0.25, 0.3) is 0 Å². The summed E-state index contributed by atoms with van der Waals surface area (Å²) >= 11 is 0. The normalized spacial score (nSPS) is 12.2. The lowest BCUT2D eigenvalue weighted by Gasteiger charge is -2.23. The number of hydrogen-bond donors (Lipinski definition) is 3. The summed E-state index contributed by atoms with van der Waals surface area (Å²) in [6.45, 7) is 4.43. The number of carbonyl (C=O) groups is 1. The van der Waals surface area contributed by atoms with Crippen LogP contribution in [0.1, 0.15) is 19.4 Å². The van der Waals surface area contributed by atoms with E-state index in [1.54, 1.807) is 13.8 Å². The van der Waals surface area contributed by atoms with Gasteiger partial charge in [0.1, 0.15) is 5.82 Å². The molecule has 0 heterocycles. The van der Waals surface area contributed by atoms with E-state index in [0.29, 0.717) is 0 Å². The maximum atomic E-state index is 13.6. The largest absolute Gasteiger partial charge is 0.399 e. The van der Waals surface area contributed by atoms with Gasteiger partial charge in [0.05, 0.1) is 10.3 Å². The second-order valence-electron chi connectivity index (χ2n) is 5.41. The molecule has 8 heteroatoms. The van der Waals surface area contributed by atoms with Crippen molar-refractivity contribution in [3.8, 4) is 0 Å². The van der Waals surface area contributed by atoms with E-state index < -0.39 is 21.3 Å². The molecular formula is C13H20FN3O3S. The molecule has 1 amide bonds. The molecule has 0 radical (unpaired) electrons. The number of hydrogen-bond acceptors (Lipinski definition) is 4. The standard InChI is InChI=1S/C13H20FN3O3S/c1-8-10(14)5-9(15)6-11(8)21(19,20)17-7-13(2,3)12(18)16-4/h5-6,17H,7,15H2,1-4H3,(H,16,18). The van der Waals surface area contributed by atoms with E-state index in [9.17, 15) is 17.6 Å². The number of carbonyl (C=O) groups excluding carboxylic acids is 1. The molecule has 0 bridgehead atoms. The Bertz CT molecular complexity index is 657. The molecule has 0 aliphatic heterocycles. The van der Waals surface area contributed by atoms with Crippen LogP contribution in [0.4, 0.5) is 10.1 Å². The molecular weight excluding hydrogens is 297 g/mol. The van der Waals surface area contributed by atoms with Crippen molar-refractivity contribution in [1.82, 2.24) is 10.0 Å². The van der Waals surface area contributed by atoms with E-state index in [4.69, 9.17) is 5.73 Å². The third kappa shape index (κ3) is 3.92. The fourth-order valence-electron chi connectivity index (χ4n) is 1.72. The van der Waals surface area contributed by atoms with E-state index in [2.05, 4.69) is 10.0 Å².